The molecule has 1 fully saturated rings. The molecule has 1 N–H and O–H groups in total. The molecule has 1 saturated heterocycles. The molecule has 2 heterocycles. The minimum absolute atomic E-state index is 0.148. The smallest absolute Gasteiger partial charge is 0.278 e. The summed E-state index contributed by atoms with van der Waals surface area (Å²) in [5.41, 5.74) is 0.706. The second-order valence-corrected chi connectivity index (χ2v) is 6.02. The highest BCUT2D eigenvalue weighted by Gasteiger charge is 2.28. The monoisotopic (exact) mass is 333 g/mol. The molecule has 6 nitrogen and oxygen atoms in total. The third-order valence-electron chi connectivity index (χ3n) is 3.81. The van der Waals surface area contributed by atoms with Gasteiger partial charge in [0.2, 0.25) is 5.43 Å². The van der Waals surface area contributed by atoms with Gasteiger partial charge < -0.3 is 10.0 Å². The summed E-state index contributed by atoms with van der Waals surface area (Å²) in [5, 5.41) is 14.3. The summed E-state index contributed by atoms with van der Waals surface area (Å²) in [5.74, 6) is -0.456. The quantitative estimate of drug-likeness (QED) is 0.901. The first-order valence-corrected chi connectivity index (χ1v) is 7.68. The van der Waals surface area contributed by atoms with Crippen LogP contribution in [0.4, 0.5) is 0 Å². The van der Waals surface area contributed by atoms with E-state index in [4.69, 9.17) is 11.6 Å². The maximum atomic E-state index is 12.5. The van der Waals surface area contributed by atoms with Crippen molar-refractivity contribution in [1.29, 1.82) is 0 Å². The van der Waals surface area contributed by atoms with Crippen LogP contribution in [0.1, 0.15) is 22.6 Å². The highest BCUT2D eigenvalue weighted by atomic mass is 35.5. The van der Waals surface area contributed by atoms with Crippen LogP contribution in [-0.2, 0) is 0 Å². The fourth-order valence-electron chi connectivity index (χ4n) is 2.64. The lowest BCUT2D eigenvalue weighted by Gasteiger charge is -2.16. The predicted octanol–water partition coefficient (Wildman–Crippen LogP) is 1.40. The standard InChI is InChI=1S/C16H16ClN3O3/c1-10-7-14(22)15(16(23)19-6-5-13(21)9-19)18-20(10)12-4-2-3-11(17)8-12/h2-4,7-8,13,21H,5-6,9H2,1H3/t13-/m1/s1. The molecule has 0 bridgehead atoms. The van der Waals surface area contributed by atoms with Crippen molar-refractivity contribution in [3.63, 3.8) is 0 Å². The molecule has 0 spiro atoms. The zero-order valence-corrected chi connectivity index (χ0v) is 13.3. The van der Waals surface area contributed by atoms with Gasteiger partial charge >= 0.3 is 0 Å². The third-order valence-corrected chi connectivity index (χ3v) is 4.05. The Hall–Kier alpha value is -2.18. The first kappa shape index (κ1) is 15.7. The Kier molecular flexibility index (Phi) is 4.19. The number of nitrogens with zero attached hydrogens (tertiary/aromatic N) is 3. The summed E-state index contributed by atoms with van der Waals surface area (Å²) in [7, 11) is 0. The molecule has 7 heteroatoms. The molecule has 1 aliphatic heterocycles. The van der Waals surface area contributed by atoms with Crippen LogP contribution in [0.2, 0.25) is 5.02 Å². The SMILES string of the molecule is Cc1cc(=O)c(C(=O)N2CC[C@@H](O)C2)nn1-c1cccc(Cl)c1. The van der Waals surface area contributed by atoms with Crippen molar-refractivity contribution >= 4 is 17.5 Å². The Bertz CT molecular complexity index is 818. The van der Waals surface area contributed by atoms with E-state index in [-0.39, 0.29) is 12.2 Å². The van der Waals surface area contributed by atoms with E-state index in [9.17, 15) is 14.7 Å². The largest absolute Gasteiger partial charge is 0.391 e. The molecule has 120 valence electrons. The van der Waals surface area contributed by atoms with E-state index in [1.807, 2.05) is 0 Å². The van der Waals surface area contributed by atoms with Crippen LogP contribution in [0.5, 0.6) is 0 Å². The third kappa shape index (κ3) is 3.13. The van der Waals surface area contributed by atoms with E-state index in [1.165, 1.54) is 15.6 Å². The van der Waals surface area contributed by atoms with Gasteiger partial charge in [0, 0.05) is 29.9 Å². The molecule has 1 atom stereocenters. The van der Waals surface area contributed by atoms with Crippen LogP contribution in [-0.4, -0.2) is 44.9 Å². The van der Waals surface area contributed by atoms with Crippen LogP contribution < -0.4 is 5.43 Å². The van der Waals surface area contributed by atoms with Gasteiger partial charge in [0.05, 0.1) is 11.8 Å². The van der Waals surface area contributed by atoms with Gasteiger partial charge in [0.25, 0.3) is 5.91 Å². The van der Waals surface area contributed by atoms with Gasteiger partial charge in [-0.3, -0.25) is 9.59 Å². The Morgan fingerprint density at radius 3 is 2.83 bits per heavy atom. The van der Waals surface area contributed by atoms with Crippen molar-refractivity contribution in [3.05, 3.63) is 57.0 Å². The molecule has 2 aromatic rings. The predicted molar refractivity (Wildman–Crippen MR) is 86.1 cm³/mol. The minimum atomic E-state index is -0.542. The van der Waals surface area contributed by atoms with E-state index in [1.54, 1.807) is 31.2 Å². The molecule has 3 rings (SSSR count). The van der Waals surface area contributed by atoms with E-state index < -0.39 is 17.4 Å². The van der Waals surface area contributed by atoms with Crippen molar-refractivity contribution in [2.24, 2.45) is 0 Å². The van der Waals surface area contributed by atoms with Crippen LogP contribution >= 0.6 is 11.6 Å². The zero-order chi connectivity index (χ0) is 16.6. The molecule has 0 radical (unpaired) electrons. The number of carbonyl (C=O) groups is 1. The van der Waals surface area contributed by atoms with E-state index >= 15 is 0 Å². The van der Waals surface area contributed by atoms with Crippen LogP contribution in [0, 0.1) is 6.92 Å². The second-order valence-electron chi connectivity index (χ2n) is 5.58. The number of β-amino-alcohol motifs (C(OH)–C–C–N with tert-alkyl or cyclic N) is 1. The fraction of sp³-hybridized carbons (Fsp3) is 0.312. The van der Waals surface area contributed by atoms with Crippen LogP contribution in [0.3, 0.4) is 0 Å². The molecular weight excluding hydrogens is 318 g/mol. The number of aliphatic hydroxyl groups is 1. The van der Waals surface area contributed by atoms with Crippen molar-refractivity contribution in [1.82, 2.24) is 14.7 Å². The van der Waals surface area contributed by atoms with Crippen molar-refractivity contribution < 1.29 is 9.90 Å². The molecule has 1 aliphatic rings. The average Bonchev–Trinajstić information content (AvgIpc) is 2.93. The van der Waals surface area contributed by atoms with Gasteiger partial charge in [0.15, 0.2) is 5.69 Å². The lowest BCUT2D eigenvalue weighted by atomic mass is 10.2. The van der Waals surface area contributed by atoms with Gasteiger partial charge in [-0.15, -0.1) is 0 Å². The van der Waals surface area contributed by atoms with Crippen LogP contribution in [0.15, 0.2) is 35.1 Å². The first-order valence-electron chi connectivity index (χ1n) is 7.30. The molecule has 1 aromatic carbocycles. The van der Waals surface area contributed by atoms with Crippen molar-refractivity contribution in [3.8, 4) is 5.69 Å². The number of halogens is 1. The molecular formula is C16H16ClN3O3. The lowest BCUT2D eigenvalue weighted by molar-refractivity contribution is 0.0756. The number of aryl methyl sites for hydroxylation is 1. The summed E-state index contributed by atoms with van der Waals surface area (Å²) in [4.78, 5) is 26.1. The van der Waals surface area contributed by atoms with Gasteiger partial charge in [-0.05, 0) is 31.5 Å². The molecule has 23 heavy (non-hydrogen) atoms. The maximum absolute atomic E-state index is 12.5. The molecule has 1 amide bonds. The van der Waals surface area contributed by atoms with Crippen molar-refractivity contribution in [2.75, 3.05) is 13.1 Å². The van der Waals surface area contributed by atoms with Gasteiger partial charge in [-0.2, -0.15) is 5.10 Å². The van der Waals surface area contributed by atoms with Crippen molar-refractivity contribution in [2.45, 2.75) is 19.4 Å². The number of hydrogen-bond donors (Lipinski definition) is 1. The normalized spacial score (nSPS) is 17.5. The second kappa shape index (κ2) is 6.14. The number of aliphatic hydroxyl groups excluding tert-OH is 1. The first-order chi connectivity index (χ1) is 11.0. The Labute approximate surface area is 137 Å². The van der Waals surface area contributed by atoms with Gasteiger partial charge in [-0.25, -0.2) is 4.68 Å². The Balaban J connectivity index is 2.03. The summed E-state index contributed by atoms with van der Waals surface area (Å²) in [6.45, 7) is 2.39. The summed E-state index contributed by atoms with van der Waals surface area (Å²) in [6.07, 6.45) is -0.0281. The van der Waals surface area contributed by atoms with Crippen LogP contribution in [0.25, 0.3) is 5.69 Å². The molecule has 0 saturated carbocycles. The highest BCUT2D eigenvalue weighted by molar-refractivity contribution is 6.30. The number of hydrogen-bond acceptors (Lipinski definition) is 4. The lowest BCUT2D eigenvalue weighted by Crippen LogP contribution is -2.35. The number of rotatable bonds is 2. The topological polar surface area (TPSA) is 75.4 Å². The van der Waals surface area contributed by atoms with E-state index in [0.29, 0.717) is 29.4 Å². The van der Waals surface area contributed by atoms with Gasteiger partial charge in [-0.1, -0.05) is 17.7 Å². The number of benzene rings is 1. The summed E-state index contributed by atoms with van der Waals surface area (Å²) < 4.78 is 1.52. The molecule has 0 unspecified atom stereocenters. The van der Waals surface area contributed by atoms with E-state index in [2.05, 4.69) is 5.10 Å². The number of likely N-dealkylation sites (tertiary alicyclic amines) is 1. The number of carbonyl (C=O) groups excluding carboxylic acids is 1. The Morgan fingerprint density at radius 2 is 2.17 bits per heavy atom. The number of aromatic nitrogens is 2. The molecule has 1 aromatic heterocycles. The summed E-state index contributed by atoms with van der Waals surface area (Å²) >= 11 is 5.99. The summed E-state index contributed by atoms with van der Waals surface area (Å²) in [6, 6.07) is 8.40. The highest BCUT2D eigenvalue weighted by Crippen LogP contribution is 2.16. The average molecular weight is 334 g/mol. The zero-order valence-electron chi connectivity index (χ0n) is 12.6. The Morgan fingerprint density at radius 1 is 1.39 bits per heavy atom. The van der Waals surface area contributed by atoms with Gasteiger partial charge in [0.1, 0.15) is 0 Å². The number of amides is 1. The fourth-order valence-corrected chi connectivity index (χ4v) is 2.83. The minimum Gasteiger partial charge on any atom is -0.391 e. The molecule has 0 aliphatic carbocycles. The van der Waals surface area contributed by atoms with E-state index in [0.717, 1.165) is 0 Å². The maximum Gasteiger partial charge on any atom is 0.278 e.